The average molecular weight is 373 g/mol. The van der Waals surface area contributed by atoms with Crippen LogP contribution in [0.2, 0.25) is 0 Å². The molecule has 0 saturated carbocycles. The molecule has 0 bridgehead atoms. The molecule has 0 unspecified atom stereocenters. The predicted molar refractivity (Wildman–Crippen MR) is 119 cm³/mol. The standard InChI is InChI=1S/C17H18OS.C4H10.C3H8/c1-11(2)16(15-8-9-19-13(15)4)17(18)14-7-5-6-12(3)10-14;1-3-4-2;1-3-2/h5-10H,1-4H3;3-4H2,1-2H3;3H2,1-2H3. The van der Waals surface area contributed by atoms with Gasteiger partial charge in [0, 0.05) is 16.0 Å². The summed E-state index contributed by atoms with van der Waals surface area (Å²) >= 11 is 1.68. The number of unbranched alkanes of at least 4 members (excludes halogenated alkanes) is 1. The minimum absolute atomic E-state index is 0.116. The lowest BCUT2D eigenvalue weighted by atomic mass is 9.93. The number of rotatable bonds is 4. The number of hydrogen-bond donors (Lipinski definition) is 0. The van der Waals surface area contributed by atoms with E-state index in [1.807, 2.05) is 56.5 Å². The van der Waals surface area contributed by atoms with E-state index in [2.05, 4.69) is 34.6 Å². The number of thiophene rings is 1. The van der Waals surface area contributed by atoms with Crippen LogP contribution in [0.5, 0.6) is 0 Å². The van der Waals surface area contributed by atoms with Gasteiger partial charge in [-0.15, -0.1) is 11.3 Å². The third-order valence-corrected chi connectivity index (χ3v) is 4.48. The summed E-state index contributed by atoms with van der Waals surface area (Å²) < 4.78 is 0. The van der Waals surface area contributed by atoms with Crippen LogP contribution in [0.3, 0.4) is 0 Å². The summed E-state index contributed by atoms with van der Waals surface area (Å²) in [5.74, 6) is 0.116. The molecule has 144 valence electrons. The molecule has 0 fully saturated rings. The monoisotopic (exact) mass is 372 g/mol. The number of carbonyl (C=O) groups excluding carboxylic acids is 1. The SMILES string of the molecule is CC(C)=C(C(=O)c1cccc(C)c1)c1ccsc1C.CCC.CCCC. The molecule has 2 rings (SSSR count). The zero-order valence-electron chi connectivity index (χ0n) is 17.9. The number of aryl methyl sites for hydroxylation is 2. The predicted octanol–water partition coefficient (Wildman–Crippen LogP) is 8.26. The highest BCUT2D eigenvalue weighted by Gasteiger charge is 2.18. The van der Waals surface area contributed by atoms with Gasteiger partial charge in [0.15, 0.2) is 5.78 Å². The van der Waals surface area contributed by atoms with Crippen LogP contribution >= 0.6 is 11.3 Å². The minimum atomic E-state index is 0.116. The Bertz CT molecular complexity index is 686. The molecule has 0 amide bonds. The third kappa shape index (κ3) is 8.14. The highest BCUT2D eigenvalue weighted by molar-refractivity contribution is 7.10. The molecule has 26 heavy (non-hydrogen) atoms. The summed E-state index contributed by atoms with van der Waals surface area (Å²) in [6, 6.07) is 9.82. The average Bonchev–Trinajstić information content (AvgIpc) is 3.01. The molecule has 0 saturated heterocycles. The molecule has 0 aliphatic carbocycles. The summed E-state index contributed by atoms with van der Waals surface area (Å²) in [4.78, 5) is 13.9. The van der Waals surface area contributed by atoms with Crippen LogP contribution in [0.4, 0.5) is 0 Å². The Morgan fingerprint density at radius 3 is 1.92 bits per heavy atom. The minimum Gasteiger partial charge on any atom is -0.289 e. The summed E-state index contributed by atoms with van der Waals surface area (Å²) in [6.45, 7) is 16.7. The van der Waals surface area contributed by atoms with E-state index >= 15 is 0 Å². The lowest BCUT2D eigenvalue weighted by Crippen LogP contribution is -2.05. The van der Waals surface area contributed by atoms with Gasteiger partial charge in [0.05, 0.1) is 0 Å². The van der Waals surface area contributed by atoms with Crippen LogP contribution in [0.15, 0.2) is 41.3 Å². The molecule has 0 N–H and O–H groups in total. The van der Waals surface area contributed by atoms with E-state index in [4.69, 9.17) is 0 Å². The largest absolute Gasteiger partial charge is 0.289 e. The van der Waals surface area contributed by atoms with E-state index < -0.39 is 0 Å². The first kappa shape index (κ1) is 24.3. The normalized spacial score (nSPS) is 9.38. The van der Waals surface area contributed by atoms with Gasteiger partial charge in [-0.1, -0.05) is 76.3 Å². The maximum atomic E-state index is 12.7. The molecular formula is C24H36OS. The molecule has 0 spiro atoms. The lowest BCUT2D eigenvalue weighted by Gasteiger charge is -2.10. The van der Waals surface area contributed by atoms with Crippen LogP contribution in [0.25, 0.3) is 5.57 Å². The van der Waals surface area contributed by atoms with Crippen molar-refractivity contribution in [2.45, 2.75) is 74.7 Å². The second-order valence-electron chi connectivity index (χ2n) is 6.67. The zero-order chi connectivity index (χ0) is 20.1. The molecule has 1 heterocycles. The van der Waals surface area contributed by atoms with Gasteiger partial charge < -0.3 is 0 Å². The van der Waals surface area contributed by atoms with E-state index in [1.54, 1.807) is 11.3 Å². The number of allylic oxidation sites excluding steroid dienone is 2. The zero-order valence-corrected chi connectivity index (χ0v) is 18.7. The first-order valence-corrected chi connectivity index (χ1v) is 10.5. The van der Waals surface area contributed by atoms with E-state index in [9.17, 15) is 4.79 Å². The first-order valence-electron chi connectivity index (χ1n) is 9.67. The van der Waals surface area contributed by atoms with Gasteiger partial charge in [0.1, 0.15) is 0 Å². The fourth-order valence-corrected chi connectivity index (χ4v) is 2.90. The van der Waals surface area contributed by atoms with Crippen molar-refractivity contribution in [3.63, 3.8) is 0 Å². The maximum absolute atomic E-state index is 12.7. The Hall–Kier alpha value is -1.67. The van der Waals surface area contributed by atoms with Gasteiger partial charge in [0.2, 0.25) is 0 Å². The molecular weight excluding hydrogens is 336 g/mol. The van der Waals surface area contributed by atoms with E-state index in [0.29, 0.717) is 0 Å². The van der Waals surface area contributed by atoms with E-state index in [1.165, 1.54) is 24.1 Å². The number of carbonyl (C=O) groups is 1. The fourth-order valence-electron chi connectivity index (χ4n) is 2.19. The number of benzene rings is 1. The van der Waals surface area contributed by atoms with Crippen LogP contribution in [0, 0.1) is 13.8 Å². The molecule has 1 aromatic heterocycles. The van der Waals surface area contributed by atoms with Gasteiger partial charge in [-0.05, 0) is 50.8 Å². The Morgan fingerprint density at radius 1 is 0.962 bits per heavy atom. The molecule has 1 aromatic carbocycles. The Balaban J connectivity index is 0.000000770. The lowest BCUT2D eigenvalue weighted by molar-refractivity contribution is 0.105. The van der Waals surface area contributed by atoms with Gasteiger partial charge in [-0.3, -0.25) is 4.79 Å². The van der Waals surface area contributed by atoms with Crippen molar-refractivity contribution in [3.8, 4) is 0 Å². The van der Waals surface area contributed by atoms with E-state index in [0.717, 1.165) is 27.8 Å². The summed E-state index contributed by atoms with van der Waals surface area (Å²) in [6.07, 6.45) is 3.89. The smallest absolute Gasteiger partial charge is 0.193 e. The molecule has 2 heteroatoms. The van der Waals surface area contributed by atoms with Crippen LogP contribution in [0.1, 0.15) is 87.2 Å². The van der Waals surface area contributed by atoms with Crippen molar-refractivity contribution in [1.29, 1.82) is 0 Å². The molecule has 1 nitrogen and oxygen atoms in total. The maximum Gasteiger partial charge on any atom is 0.193 e. The topological polar surface area (TPSA) is 17.1 Å². The Morgan fingerprint density at radius 2 is 1.54 bits per heavy atom. The Labute approximate surface area is 165 Å². The number of ketones is 1. The molecule has 0 aliphatic heterocycles. The number of hydrogen-bond acceptors (Lipinski definition) is 2. The third-order valence-electron chi connectivity index (χ3n) is 3.64. The van der Waals surface area contributed by atoms with Crippen LogP contribution in [-0.4, -0.2) is 5.78 Å². The fraction of sp³-hybridized carbons (Fsp3) is 0.458. The summed E-state index contributed by atoms with van der Waals surface area (Å²) in [5, 5.41) is 2.04. The highest BCUT2D eigenvalue weighted by atomic mass is 32.1. The van der Waals surface area contributed by atoms with Gasteiger partial charge in [0.25, 0.3) is 0 Å². The molecule has 0 aliphatic rings. The second-order valence-corrected chi connectivity index (χ2v) is 7.79. The van der Waals surface area contributed by atoms with Crippen LogP contribution in [-0.2, 0) is 0 Å². The highest BCUT2D eigenvalue weighted by Crippen LogP contribution is 2.29. The van der Waals surface area contributed by atoms with Crippen molar-refractivity contribution >= 4 is 22.7 Å². The summed E-state index contributed by atoms with van der Waals surface area (Å²) in [7, 11) is 0. The van der Waals surface area contributed by atoms with Crippen molar-refractivity contribution in [1.82, 2.24) is 0 Å². The first-order chi connectivity index (χ1) is 12.3. The second kappa shape index (κ2) is 13.5. The molecule has 0 atom stereocenters. The molecule has 2 aromatic rings. The van der Waals surface area contributed by atoms with Gasteiger partial charge in [-0.25, -0.2) is 0 Å². The van der Waals surface area contributed by atoms with Crippen molar-refractivity contribution in [2.75, 3.05) is 0 Å². The van der Waals surface area contributed by atoms with Gasteiger partial charge >= 0.3 is 0 Å². The quantitative estimate of drug-likeness (QED) is 0.390. The van der Waals surface area contributed by atoms with Crippen molar-refractivity contribution in [3.05, 3.63) is 62.9 Å². The van der Waals surface area contributed by atoms with Crippen molar-refractivity contribution in [2.24, 2.45) is 0 Å². The number of Topliss-reactive ketones (excluding diaryl/α,β-unsaturated/α-hetero) is 1. The van der Waals surface area contributed by atoms with Crippen LogP contribution < -0.4 is 0 Å². The Kier molecular flexibility index (Phi) is 12.7. The summed E-state index contributed by atoms with van der Waals surface area (Å²) in [5.41, 5.74) is 4.84. The van der Waals surface area contributed by atoms with E-state index in [-0.39, 0.29) is 5.78 Å². The molecule has 0 radical (unpaired) electrons. The van der Waals surface area contributed by atoms with Crippen molar-refractivity contribution < 1.29 is 4.79 Å². The van der Waals surface area contributed by atoms with Gasteiger partial charge in [-0.2, -0.15) is 0 Å².